The molecule has 3 rings (SSSR count). The molecular formula is C12H11N3O3. The molecule has 0 unspecified atom stereocenters. The van der Waals surface area contributed by atoms with Crippen LogP contribution in [-0.4, -0.2) is 28.7 Å². The molecule has 6 heteroatoms. The van der Waals surface area contributed by atoms with Gasteiger partial charge in [-0.15, -0.1) is 4.98 Å². The highest BCUT2D eigenvalue weighted by atomic mass is 16.5. The van der Waals surface area contributed by atoms with Crippen molar-refractivity contribution in [3.05, 3.63) is 34.2 Å². The standard InChI is InChI=1S/C12H11N3O3/c1-17-12-14-10(13-11(16)15-12)8-2-3-9-7(6-8)4-5-18-9/h2-3,6H,4-5H2,1H3,(H,13,14,15,16). The zero-order valence-corrected chi connectivity index (χ0v) is 9.77. The molecule has 0 spiro atoms. The lowest BCUT2D eigenvalue weighted by Gasteiger charge is -2.04. The molecule has 0 saturated carbocycles. The van der Waals surface area contributed by atoms with Crippen molar-refractivity contribution in [2.45, 2.75) is 6.42 Å². The predicted molar refractivity (Wildman–Crippen MR) is 63.8 cm³/mol. The molecule has 2 aromatic rings. The third-order valence-electron chi connectivity index (χ3n) is 2.78. The third kappa shape index (κ3) is 1.81. The molecular weight excluding hydrogens is 234 g/mol. The second kappa shape index (κ2) is 4.14. The Morgan fingerprint density at radius 3 is 3.11 bits per heavy atom. The van der Waals surface area contributed by atoms with Crippen LogP contribution in [0.4, 0.5) is 0 Å². The van der Waals surface area contributed by atoms with Crippen molar-refractivity contribution in [3.63, 3.8) is 0 Å². The number of hydrogen-bond donors (Lipinski definition) is 1. The van der Waals surface area contributed by atoms with Gasteiger partial charge in [-0.05, 0) is 23.8 Å². The van der Waals surface area contributed by atoms with Crippen LogP contribution in [0.5, 0.6) is 11.8 Å². The molecule has 6 nitrogen and oxygen atoms in total. The highest BCUT2D eigenvalue weighted by molar-refractivity contribution is 5.59. The van der Waals surface area contributed by atoms with Crippen molar-refractivity contribution in [3.8, 4) is 23.1 Å². The zero-order chi connectivity index (χ0) is 12.5. The minimum atomic E-state index is -0.478. The van der Waals surface area contributed by atoms with Gasteiger partial charge in [0.15, 0.2) is 0 Å². The van der Waals surface area contributed by atoms with Crippen LogP contribution in [0, 0.1) is 0 Å². The fourth-order valence-electron chi connectivity index (χ4n) is 1.93. The maximum absolute atomic E-state index is 11.4. The molecule has 1 aliphatic heterocycles. The third-order valence-corrected chi connectivity index (χ3v) is 2.78. The minimum absolute atomic E-state index is 0.0606. The second-order valence-electron chi connectivity index (χ2n) is 3.91. The molecule has 0 radical (unpaired) electrons. The highest BCUT2D eigenvalue weighted by Gasteiger charge is 2.14. The topological polar surface area (TPSA) is 77.1 Å². The molecule has 0 atom stereocenters. The van der Waals surface area contributed by atoms with Crippen molar-refractivity contribution in [1.29, 1.82) is 0 Å². The largest absolute Gasteiger partial charge is 0.493 e. The summed E-state index contributed by atoms with van der Waals surface area (Å²) in [7, 11) is 1.43. The summed E-state index contributed by atoms with van der Waals surface area (Å²) in [4.78, 5) is 21.7. The normalized spacial score (nSPS) is 12.9. The SMILES string of the molecule is COc1nc(-c2ccc3c(c2)CCO3)[nH]c(=O)n1. The van der Waals surface area contributed by atoms with Gasteiger partial charge in [0.05, 0.1) is 13.7 Å². The van der Waals surface area contributed by atoms with E-state index in [0.29, 0.717) is 12.4 Å². The van der Waals surface area contributed by atoms with E-state index in [1.165, 1.54) is 7.11 Å². The van der Waals surface area contributed by atoms with E-state index in [1.54, 1.807) is 0 Å². The first-order chi connectivity index (χ1) is 8.76. The summed E-state index contributed by atoms with van der Waals surface area (Å²) >= 11 is 0. The van der Waals surface area contributed by atoms with Crippen LogP contribution in [-0.2, 0) is 6.42 Å². The maximum atomic E-state index is 11.4. The predicted octanol–water partition coefficient (Wildman–Crippen LogP) is 0.775. The highest BCUT2D eigenvalue weighted by Crippen LogP contribution is 2.28. The summed E-state index contributed by atoms with van der Waals surface area (Å²) in [6.07, 6.45) is 0.871. The number of hydrogen-bond acceptors (Lipinski definition) is 5. The van der Waals surface area contributed by atoms with Crippen molar-refractivity contribution in [2.24, 2.45) is 0 Å². The molecule has 92 valence electrons. The van der Waals surface area contributed by atoms with E-state index in [2.05, 4.69) is 15.0 Å². The van der Waals surface area contributed by atoms with E-state index < -0.39 is 5.69 Å². The number of methoxy groups -OCH3 is 1. The summed E-state index contributed by atoms with van der Waals surface area (Å²) in [6, 6.07) is 5.75. The van der Waals surface area contributed by atoms with Gasteiger partial charge in [0.25, 0.3) is 0 Å². The van der Waals surface area contributed by atoms with Crippen molar-refractivity contribution in [1.82, 2.24) is 15.0 Å². The van der Waals surface area contributed by atoms with Crippen molar-refractivity contribution < 1.29 is 9.47 Å². The van der Waals surface area contributed by atoms with E-state index in [1.807, 2.05) is 18.2 Å². The lowest BCUT2D eigenvalue weighted by molar-refractivity contribution is 0.357. The van der Waals surface area contributed by atoms with E-state index >= 15 is 0 Å². The van der Waals surface area contributed by atoms with Crippen molar-refractivity contribution >= 4 is 0 Å². The molecule has 0 aliphatic carbocycles. The van der Waals surface area contributed by atoms with Gasteiger partial charge in [-0.2, -0.15) is 4.98 Å². The van der Waals surface area contributed by atoms with Crippen LogP contribution in [0.1, 0.15) is 5.56 Å². The number of rotatable bonds is 2. The molecule has 1 aromatic heterocycles. The first-order valence-electron chi connectivity index (χ1n) is 5.55. The van der Waals surface area contributed by atoms with Crippen LogP contribution in [0.15, 0.2) is 23.0 Å². The average Bonchev–Trinajstić information content (AvgIpc) is 2.85. The Labute approximate surface area is 103 Å². The maximum Gasteiger partial charge on any atom is 0.351 e. The molecule has 0 fully saturated rings. The Morgan fingerprint density at radius 2 is 2.28 bits per heavy atom. The van der Waals surface area contributed by atoms with Gasteiger partial charge in [-0.25, -0.2) is 4.79 Å². The van der Waals surface area contributed by atoms with Crippen LogP contribution in [0.2, 0.25) is 0 Å². The number of fused-ring (bicyclic) bond motifs is 1. The van der Waals surface area contributed by atoms with Gasteiger partial charge in [0.1, 0.15) is 11.6 Å². The first-order valence-corrected chi connectivity index (χ1v) is 5.55. The molecule has 0 amide bonds. The van der Waals surface area contributed by atoms with Crippen LogP contribution in [0.25, 0.3) is 11.4 Å². The molecule has 2 heterocycles. The van der Waals surface area contributed by atoms with Gasteiger partial charge in [0.2, 0.25) is 0 Å². The fraction of sp³-hybridized carbons (Fsp3) is 0.250. The number of aromatic nitrogens is 3. The molecule has 1 N–H and O–H groups in total. The minimum Gasteiger partial charge on any atom is -0.493 e. The van der Waals surface area contributed by atoms with E-state index in [0.717, 1.165) is 23.3 Å². The molecule has 18 heavy (non-hydrogen) atoms. The zero-order valence-electron chi connectivity index (χ0n) is 9.77. The smallest absolute Gasteiger partial charge is 0.351 e. The molecule has 1 aromatic carbocycles. The van der Waals surface area contributed by atoms with E-state index in [4.69, 9.17) is 9.47 Å². The molecule has 1 aliphatic rings. The number of benzene rings is 1. The lowest BCUT2D eigenvalue weighted by atomic mass is 10.1. The van der Waals surface area contributed by atoms with E-state index in [9.17, 15) is 4.79 Å². The summed E-state index contributed by atoms with van der Waals surface area (Å²) in [5.41, 5.74) is 1.46. The summed E-state index contributed by atoms with van der Waals surface area (Å²) < 4.78 is 10.3. The van der Waals surface area contributed by atoms with Gasteiger partial charge in [-0.3, -0.25) is 4.98 Å². The van der Waals surface area contributed by atoms with Crippen LogP contribution in [0.3, 0.4) is 0 Å². The van der Waals surface area contributed by atoms with Crippen LogP contribution < -0.4 is 15.2 Å². The quantitative estimate of drug-likeness (QED) is 0.845. The number of aromatic amines is 1. The monoisotopic (exact) mass is 245 g/mol. The Hall–Kier alpha value is -2.37. The number of nitrogens with zero attached hydrogens (tertiary/aromatic N) is 2. The summed E-state index contributed by atoms with van der Waals surface area (Å²) in [5, 5.41) is 0. The molecule has 0 saturated heterocycles. The summed E-state index contributed by atoms with van der Waals surface area (Å²) in [5.74, 6) is 1.34. The number of H-pyrrole nitrogens is 1. The number of nitrogens with one attached hydrogen (secondary N) is 1. The lowest BCUT2D eigenvalue weighted by Crippen LogP contribution is -2.14. The average molecular weight is 245 g/mol. The van der Waals surface area contributed by atoms with Crippen molar-refractivity contribution in [2.75, 3.05) is 13.7 Å². The second-order valence-corrected chi connectivity index (χ2v) is 3.91. The Bertz CT molecular complexity index is 651. The Balaban J connectivity index is 2.09. The van der Waals surface area contributed by atoms with Crippen LogP contribution >= 0.6 is 0 Å². The summed E-state index contributed by atoms with van der Waals surface area (Å²) in [6.45, 7) is 0.697. The fourth-order valence-corrected chi connectivity index (χ4v) is 1.93. The van der Waals surface area contributed by atoms with Gasteiger partial charge in [0, 0.05) is 12.0 Å². The Morgan fingerprint density at radius 1 is 1.39 bits per heavy atom. The van der Waals surface area contributed by atoms with Gasteiger partial charge < -0.3 is 9.47 Å². The number of ether oxygens (including phenoxy) is 2. The molecule has 0 bridgehead atoms. The first kappa shape index (κ1) is 10.8. The van der Waals surface area contributed by atoms with Gasteiger partial charge >= 0.3 is 11.7 Å². The van der Waals surface area contributed by atoms with E-state index in [-0.39, 0.29) is 6.01 Å². The van der Waals surface area contributed by atoms with Gasteiger partial charge in [-0.1, -0.05) is 0 Å². The Kier molecular flexibility index (Phi) is 2.47.